The summed E-state index contributed by atoms with van der Waals surface area (Å²) in [6.07, 6.45) is 2.65. The third-order valence-corrected chi connectivity index (χ3v) is 3.92. The second-order valence-corrected chi connectivity index (χ2v) is 5.44. The Hall–Kier alpha value is -3.28. The summed E-state index contributed by atoms with van der Waals surface area (Å²) in [7, 11) is 3.17. The molecule has 128 valence electrons. The van der Waals surface area contributed by atoms with Gasteiger partial charge >= 0.3 is 5.97 Å². The maximum atomic E-state index is 11.0. The van der Waals surface area contributed by atoms with Gasteiger partial charge in [0.1, 0.15) is 22.8 Å². The van der Waals surface area contributed by atoms with Gasteiger partial charge in [0.15, 0.2) is 0 Å². The Morgan fingerprint density at radius 1 is 1.20 bits per heavy atom. The Bertz CT molecular complexity index is 973. The quantitative estimate of drug-likeness (QED) is 0.722. The van der Waals surface area contributed by atoms with E-state index in [9.17, 15) is 4.79 Å². The van der Waals surface area contributed by atoms with Crippen molar-refractivity contribution in [3.63, 3.8) is 0 Å². The van der Waals surface area contributed by atoms with Gasteiger partial charge in [-0.2, -0.15) is 0 Å². The number of rotatable bonds is 5. The molecule has 2 aromatic heterocycles. The summed E-state index contributed by atoms with van der Waals surface area (Å²) in [4.78, 5) is 15.7. The van der Waals surface area contributed by atoms with Crippen molar-refractivity contribution in [2.24, 2.45) is 0 Å². The highest BCUT2D eigenvalue weighted by Crippen LogP contribution is 2.36. The molecular weight excluding hydrogens is 320 g/mol. The number of nitrogens with zero attached hydrogens (tertiary/aromatic N) is 2. The fraction of sp³-hybridized carbons (Fsp3) is 0.158. The molecule has 0 radical (unpaired) electrons. The van der Waals surface area contributed by atoms with Gasteiger partial charge < -0.3 is 14.6 Å². The molecule has 0 amide bonds. The molecule has 0 bridgehead atoms. The van der Waals surface area contributed by atoms with Crippen LogP contribution in [0.4, 0.5) is 0 Å². The number of carboxylic acids is 1. The van der Waals surface area contributed by atoms with Crippen molar-refractivity contribution in [2.75, 3.05) is 14.2 Å². The van der Waals surface area contributed by atoms with Gasteiger partial charge in [-0.05, 0) is 43.3 Å². The van der Waals surface area contributed by atoms with Crippen molar-refractivity contribution in [3.05, 3.63) is 53.9 Å². The van der Waals surface area contributed by atoms with E-state index in [0.717, 1.165) is 23.0 Å². The van der Waals surface area contributed by atoms with Crippen LogP contribution in [0.3, 0.4) is 0 Å². The van der Waals surface area contributed by atoms with Crippen molar-refractivity contribution < 1.29 is 19.4 Å². The number of aryl methyl sites for hydroxylation is 1. The molecule has 25 heavy (non-hydrogen) atoms. The van der Waals surface area contributed by atoms with Crippen molar-refractivity contribution in [1.29, 1.82) is 0 Å². The molecule has 0 unspecified atom stereocenters. The Balaban J connectivity index is 2.35. The molecule has 0 aliphatic carbocycles. The van der Waals surface area contributed by atoms with Crippen molar-refractivity contribution in [3.8, 4) is 22.8 Å². The topological polar surface area (TPSA) is 73.1 Å². The summed E-state index contributed by atoms with van der Waals surface area (Å²) < 4.78 is 12.7. The lowest BCUT2D eigenvalue weighted by atomic mass is 10.1. The van der Waals surface area contributed by atoms with E-state index >= 15 is 0 Å². The maximum absolute atomic E-state index is 11.0. The largest absolute Gasteiger partial charge is 0.497 e. The van der Waals surface area contributed by atoms with E-state index in [-0.39, 0.29) is 0 Å². The summed E-state index contributed by atoms with van der Waals surface area (Å²) in [5.74, 6) is 0.275. The van der Waals surface area contributed by atoms with Crippen LogP contribution in [0.5, 0.6) is 11.5 Å². The molecule has 3 rings (SSSR count). The van der Waals surface area contributed by atoms with Crippen LogP contribution in [0, 0.1) is 6.92 Å². The highest BCUT2D eigenvalue weighted by atomic mass is 16.5. The molecule has 0 spiro atoms. The normalized spacial score (nSPS) is 11.2. The van der Waals surface area contributed by atoms with Gasteiger partial charge in [-0.3, -0.25) is 4.40 Å². The first-order valence-electron chi connectivity index (χ1n) is 7.66. The summed E-state index contributed by atoms with van der Waals surface area (Å²) in [6.45, 7) is 1.94. The number of imidazole rings is 1. The lowest BCUT2D eigenvalue weighted by Gasteiger charge is -2.10. The van der Waals surface area contributed by atoms with E-state index in [4.69, 9.17) is 14.6 Å². The van der Waals surface area contributed by atoms with Crippen LogP contribution < -0.4 is 9.47 Å². The van der Waals surface area contributed by atoms with Crippen LogP contribution >= 0.6 is 0 Å². The zero-order chi connectivity index (χ0) is 18.0. The lowest BCUT2D eigenvalue weighted by molar-refractivity contribution is -0.131. The van der Waals surface area contributed by atoms with E-state index in [2.05, 4.69) is 4.98 Å². The smallest absolute Gasteiger partial charge is 0.328 e. The Kier molecular flexibility index (Phi) is 4.43. The summed E-state index contributed by atoms with van der Waals surface area (Å²) in [5.41, 5.74) is 3.70. The first-order valence-corrected chi connectivity index (χ1v) is 7.66. The molecule has 3 aromatic rings. The number of hydrogen-bond acceptors (Lipinski definition) is 4. The van der Waals surface area contributed by atoms with Gasteiger partial charge in [0.25, 0.3) is 0 Å². The van der Waals surface area contributed by atoms with Crippen LogP contribution in [0.1, 0.15) is 11.4 Å². The van der Waals surface area contributed by atoms with Gasteiger partial charge in [-0.25, -0.2) is 9.78 Å². The number of aliphatic carboxylic acids is 1. The zero-order valence-electron chi connectivity index (χ0n) is 14.2. The number of benzene rings is 1. The molecule has 0 aliphatic heterocycles. The van der Waals surface area contributed by atoms with Crippen LogP contribution in [0.25, 0.3) is 23.0 Å². The predicted octanol–water partition coefficient (Wildman–Crippen LogP) is 3.42. The molecule has 2 heterocycles. The number of pyridine rings is 1. The Morgan fingerprint density at radius 3 is 2.68 bits per heavy atom. The van der Waals surface area contributed by atoms with Gasteiger partial charge in [-0.15, -0.1) is 0 Å². The summed E-state index contributed by atoms with van der Waals surface area (Å²) >= 11 is 0. The SMILES string of the molecule is COc1ccc(OC)c(-c2nc3cccc(C)n3c2/C=C/C(=O)O)c1. The maximum Gasteiger partial charge on any atom is 0.328 e. The second-order valence-electron chi connectivity index (χ2n) is 5.44. The van der Waals surface area contributed by atoms with E-state index < -0.39 is 5.97 Å². The fourth-order valence-electron chi connectivity index (χ4n) is 2.78. The van der Waals surface area contributed by atoms with Gasteiger partial charge in [0, 0.05) is 17.3 Å². The minimum absolute atomic E-state index is 0.627. The predicted molar refractivity (Wildman–Crippen MR) is 95.1 cm³/mol. The highest BCUT2D eigenvalue weighted by molar-refractivity contribution is 5.88. The average Bonchev–Trinajstić information content (AvgIpc) is 2.99. The molecule has 0 aliphatic rings. The molecule has 6 heteroatoms. The number of fused-ring (bicyclic) bond motifs is 1. The van der Waals surface area contributed by atoms with Gasteiger partial charge in [0.05, 0.1) is 19.9 Å². The molecule has 0 saturated heterocycles. The number of hydrogen-bond donors (Lipinski definition) is 1. The van der Waals surface area contributed by atoms with E-state index in [1.54, 1.807) is 32.4 Å². The molecule has 0 fully saturated rings. The molecule has 1 aromatic carbocycles. The number of methoxy groups -OCH3 is 2. The lowest BCUT2D eigenvalue weighted by Crippen LogP contribution is -1.96. The minimum Gasteiger partial charge on any atom is -0.497 e. The number of ether oxygens (including phenoxy) is 2. The third kappa shape index (κ3) is 3.06. The van der Waals surface area contributed by atoms with Crippen LogP contribution in [0.15, 0.2) is 42.5 Å². The number of aromatic nitrogens is 2. The van der Waals surface area contributed by atoms with E-state index in [1.807, 2.05) is 35.6 Å². The highest BCUT2D eigenvalue weighted by Gasteiger charge is 2.18. The van der Waals surface area contributed by atoms with Crippen molar-refractivity contribution in [2.45, 2.75) is 6.92 Å². The summed E-state index contributed by atoms with van der Waals surface area (Å²) in [5, 5.41) is 9.04. The zero-order valence-corrected chi connectivity index (χ0v) is 14.2. The number of carboxylic acid groups (broad SMARTS) is 1. The van der Waals surface area contributed by atoms with Gasteiger partial charge in [0.2, 0.25) is 0 Å². The Labute approximate surface area is 145 Å². The molecular formula is C19H18N2O4. The van der Waals surface area contributed by atoms with Crippen molar-refractivity contribution in [1.82, 2.24) is 9.38 Å². The van der Waals surface area contributed by atoms with Crippen LogP contribution in [0.2, 0.25) is 0 Å². The van der Waals surface area contributed by atoms with Crippen molar-refractivity contribution >= 4 is 17.7 Å². The van der Waals surface area contributed by atoms with E-state index in [0.29, 0.717) is 22.9 Å². The first kappa shape index (κ1) is 16.6. The average molecular weight is 338 g/mol. The van der Waals surface area contributed by atoms with Crippen LogP contribution in [-0.2, 0) is 4.79 Å². The first-order chi connectivity index (χ1) is 12.0. The molecule has 0 atom stereocenters. The van der Waals surface area contributed by atoms with Gasteiger partial charge in [-0.1, -0.05) is 6.07 Å². The Morgan fingerprint density at radius 2 is 2.00 bits per heavy atom. The molecule has 1 N–H and O–H groups in total. The second kappa shape index (κ2) is 6.68. The number of carbonyl (C=O) groups is 1. The third-order valence-electron chi connectivity index (χ3n) is 3.92. The monoisotopic (exact) mass is 338 g/mol. The summed E-state index contributed by atoms with van der Waals surface area (Å²) in [6, 6.07) is 11.2. The van der Waals surface area contributed by atoms with Crippen LogP contribution in [-0.4, -0.2) is 34.7 Å². The standard InChI is InChI=1S/C19H18N2O4/c1-12-5-4-6-17-20-19(15(21(12)17)8-10-18(22)23)14-11-13(24-2)7-9-16(14)25-3/h4-11H,1-3H3,(H,22,23)/b10-8+. The fourth-order valence-corrected chi connectivity index (χ4v) is 2.78. The molecule has 6 nitrogen and oxygen atoms in total. The molecule has 0 saturated carbocycles. The van der Waals surface area contributed by atoms with E-state index in [1.165, 1.54) is 0 Å². The minimum atomic E-state index is -1.02.